The van der Waals surface area contributed by atoms with Gasteiger partial charge in [-0.1, -0.05) is 20.8 Å². The number of benzene rings is 1. The van der Waals surface area contributed by atoms with E-state index < -0.39 is 43.2 Å². The fourth-order valence-corrected chi connectivity index (χ4v) is 4.94. The molecule has 1 aliphatic rings. The van der Waals surface area contributed by atoms with Gasteiger partial charge < -0.3 is 9.33 Å². The first kappa shape index (κ1) is 23.4. The number of hydrogen-bond donors (Lipinski definition) is 0. The predicted molar refractivity (Wildman–Crippen MR) is 109 cm³/mol. The minimum absolute atomic E-state index is 0.0723. The van der Waals surface area contributed by atoms with Crippen LogP contribution in [0.4, 0.5) is 18.9 Å². The Bertz CT molecular complexity index is 851. The summed E-state index contributed by atoms with van der Waals surface area (Å²) in [5.74, 6) is -0.286. The smallest absolute Gasteiger partial charge is 0.411 e. The Morgan fingerprint density at radius 2 is 1.76 bits per heavy atom. The lowest BCUT2D eigenvalue weighted by atomic mass is 9.87. The second kappa shape index (κ2) is 7.13. The molecule has 1 aliphatic heterocycles. The Morgan fingerprint density at radius 3 is 2.21 bits per heavy atom. The molecule has 2 rings (SSSR count). The van der Waals surface area contributed by atoms with Gasteiger partial charge >= 0.3 is 6.18 Å². The quantitative estimate of drug-likeness (QED) is 0.580. The second-order valence-corrected chi connectivity index (χ2v) is 14.5. The third kappa shape index (κ3) is 4.08. The van der Waals surface area contributed by atoms with Gasteiger partial charge in [-0.05, 0) is 57.1 Å². The summed E-state index contributed by atoms with van der Waals surface area (Å²) < 4.78 is 46.8. The maximum Gasteiger partial charge on any atom is 0.417 e. The molecule has 1 saturated heterocycles. The Balaban J connectivity index is 2.52. The third-order valence-electron chi connectivity index (χ3n) is 6.26. The molecule has 0 radical (unpaired) electrons. The van der Waals surface area contributed by atoms with Crippen LogP contribution in [0.2, 0.25) is 18.1 Å². The molecule has 8 heteroatoms. The molecule has 0 saturated carbocycles. The molecule has 0 spiro atoms. The Kier molecular flexibility index (Phi) is 5.76. The highest BCUT2D eigenvalue weighted by Crippen LogP contribution is 2.46. The van der Waals surface area contributed by atoms with Crippen molar-refractivity contribution in [3.63, 3.8) is 0 Å². The highest BCUT2D eigenvalue weighted by Gasteiger charge is 2.56. The summed E-state index contributed by atoms with van der Waals surface area (Å²) in [5, 5.41) is 8.95. The highest BCUT2D eigenvalue weighted by molar-refractivity contribution is 6.74. The summed E-state index contributed by atoms with van der Waals surface area (Å²) in [7, 11) is -2.22. The van der Waals surface area contributed by atoms with E-state index in [-0.39, 0.29) is 16.6 Å². The maximum absolute atomic E-state index is 13.4. The molecule has 29 heavy (non-hydrogen) atoms. The van der Waals surface area contributed by atoms with Crippen LogP contribution in [-0.4, -0.2) is 26.4 Å². The lowest BCUT2D eigenvalue weighted by Crippen LogP contribution is -2.49. The lowest BCUT2D eigenvalue weighted by molar-refractivity contribution is -0.137. The number of rotatable bonds is 3. The van der Waals surface area contributed by atoms with E-state index in [0.717, 1.165) is 12.1 Å². The van der Waals surface area contributed by atoms with Crippen LogP contribution in [0.5, 0.6) is 0 Å². The Hall–Kier alpha value is -1.85. The first-order chi connectivity index (χ1) is 12.9. The maximum atomic E-state index is 13.4. The van der Waals surface area contributed by atoms with Crippen molar-refractivity contribution in [1.82, 2.24) is 0 Å². The Morgan fingerprint density at radius 1 is 1.21 bits per heavy atom. The largest absolute Gasteiger partial charge is 0.417 e. The van der Waals surface area contributed by atoms with Crippen LogP contribution in [0.15, 0.2) is 18.2 Å². The van der Waals surface area contributed by atoms with E-state index in [9.17, 15) is 18.0 Å². The van der Waals surface area contributed by atoms with E-state index in [1.807, 2.05) is 0 Å². The van der Waals surface area contributed by atoms with Crippen molar-refractivity contribution in [1.29, 1.82) is 5.26 Å². The molecular weight excluding hydrogens is 397 g/mol. The molecule has 0 aromatic heterocycles. The van der Waals surface area contributed by atoms with Gasteiger partial charge in [0.05, 0.1) is 34.8 Å². The summed E-state index contributed by atoms with van der Waals surface area (Å²) in [6.45, 7) is 15.8. The van der Waals surface area contributed by atoms with E-state index >= 15 is 0 Å². The normalized spacial score (nSPS) is 22.7. The number of alkyl halides is 3. The van der Waals surface area contributed by atoms with Gasteiger partial charge in [0.25, 0.3) is 0 Å². The molecule has 2 unspecified atom stereocenters. The number of nitriles is 1. The van der Waals surface area contributed by atoms with Crippen LogP contribution < -0.4 is 4.90 Å². The van der Waals surface area contributed by atoms with Crippen LogP contribution in [0.1, 0.15) is 52.7 Å². The molecule has 1 amide bonds. The summed E-state index contributed by atoms with van der Waals surface area (Å²) in [6.07, 6.45) is -5.14. The van der Waals surface area contributed by atoms with Crippen molar-refractivity contribution >= 4 is 19.9 Å². The van der Waals surface area contributed by atoms with Crippen LogP contribution >= 0.6 is 0 Å². The molecular formula is C21H29F3N2O2Si. The van der Waals surface area contributed by atoms with Gasteiger partial charge in [-0.2, -0.15) is 18.4 Å². The zero-order chi connectivity index (χ0) is 22.6. The van der Waals surface area contributed by atoms with Gasteiger partial charge in [0, 0.05) is 5.69 Å². The lowest BCUT2D eigenvalue weighted by Gasteiger charge is -2.42. The average molecular weight is 427 g/mol. The molecule has 2 atom stereocenters. The van der Waals surface area contributed by atoms with Crippen LogP contribution in [-0.2, 0) is 15.4 Å². The molecule has 1 heterocycles. The molecule has 1 aromatic carbocycles. The van der Waals surface area contributed by atoms with E-state index in [1.165, 1.54) is 11.0 Å². The summed E-state index contributed by atoms with van der Waals surface area (Å²) in [5.41, 5.74) is -2.26. The number of carbonyl (C=O) groups excluding carboxylic acids is 1. The molecule has 4 nitrogen and oxygen atoms in total. The van der Waals surface area contributed by atoms with Crippen molar-refractivity contribution in [2.24, 2.45) is 5.41 Å². The minimum Gasteiger partial charge on any atom is -0.411 e. The molecule has 1 aromatic rings. The predicted octanol–water partition coefficient (Wildman–Crippen LogP) is 5.73. The fraction of sp³-hybridized carbons (Fsp3) is 0.619. The number of halogens is 3. The monoisotopic (exact) mass is 426 g/mol. The number of anilines is 1. The summed E-state index contributed by atoms with van der Waals surface area (Å²) in [4.78, 5) is 14.6. The number of carbonyl (C=O) groups is 1. The van der Waals surface area contributed by atoms with Gasteiger partial charge in [-0.15, -0.1) is 0 Å². The molecule has 0 N–H and O–H groups in total. The zero-order valence-corrected chi connectivity index (χ0v) is 19.2. The molecule has 1 fully saturated rings. The molecule has 0 aliphatic carbocycles. The average Bonchev–Trinajstić information content (AvgIpc) is 2.72. The Labute approximate surface area is 171 Å². The highest BCUT2D eigenvalue weighted by atomic mass is 28.4. The van der Waals surface area contributed by atoms with Gasteiger partial charge in [-0.3, -0.25) is 4.79 Å². The van der Waals surface area contributed by atoms with Gasteiger partial charge in [0.1, 0.15) is 0 Å². The SMILES string of the molecule is CC1C(O[Si](C)(C)C(C)(C)C)C(C)(C)C(=O)N1c1ccc(C#N)c(C(F)(F)F)c1. The molecule has 160 valence electrons. The van der Waals surface area contributed by atoms with E-state index in [4.69, 9.17) is 9.69 Å². The third-order valence-corrected chi connectivity index (χ3v) is 10.7. The van der Waals surface area contributed by atoms with E-state index in [2.05, 4.69) is 33.9 Å². The summed E-state index contributed by atoms with van der Waals surface area (Å²) >= 11 is 0. The van der Waals surface area contributed by atoms with Crippen molar-refractivity contribution in [3.05, 3.63) is 29.3 Å². The molecule has 0 bridgehead atoms. The number of nitrogens with zero attached hydrogens (tertiary/aromatic N) is 2. The zero-order valence-electron chi connectivity index (χ0n) is 18.2. The van der Waals surface area contributed by atoms with Crippen molar-refractivity contribution in [2.75, 3.05) is 4.90 Å². The van der Waals surface area contributed by atoms with Gasteiger partial charge in [-0.25, -0.2) is 0 Å². The second-order valence-electron chi connectivity index (χ2n) is 9.78. The van der Waals surface area contributed by atoms with Crippen LogP contribution in [0.3, 0.4) is 0 Å². The summed E-state index contributed by atoms with van der Waals surface area (Å²) in [6, 6.07) is 4.53. The minimum atomic E-state index is -4.68. The standard InChI is InChI=1S/C21H29F3N2O2Si/c1-13-17(28-29(7,8)19(2,3)4)20(5,6)18(27)26(13)15-10-9-14(12-25)16(11-15)21(22,23)24/h9-11,13,17H,1-8H3. The van der Waals surface area contributed by atoms with Crippen LogP contribution in [0, 0.1) is 16.7 Å². The van der Waals surface area contributed by atoms with Crippen molar-refractivity contribution < 1.29 is 22.4 Å². The van der Waals surface area contributed by atoms with E-state index in [0.29, 0.717) is 0 Å². The first-order valence-electron chi connectivity index (χ1n) is 9.58. The number of hydrogen-bond acceptors (Lipinski definition) is 3. The first-order valence-corrected chi connectivity index (χ1v) is 12.5. The van der Waals surface area contributed by atoms with Crippen molar-refractivity contribution in [3.8, 4) is 6.07 Å². The van der Waals surface area contributed by atoms with Crippen LogP contribution in [0.25, 0.3) is 0 Å². The van der Waals surface area contributed by atoms with E-state index in [1.54, 1.807) is 26.8 Å². The van der Waals surface area contributed by atoms with Gasteiger partial charge in [0.2, 0.25) is 5.91 Å². The number of amides is 1. The topological polar surface area (TPSA) is 53.3 Å². The van der Waals surface area contributed by atoms with Gasteiger partial charge in [0.15, 0.2) is 8.32 Å². The van der Waals surface area contributed by atoms with Crippen molar-refractivity contribution in [2.45, 2.75) is 78.0 Å². The fourth-order valence-electron chi connectivity index (χ4n) is 3.46.